The number of alkyl carbamates (subject to hydrolysis) is 1. The zero-order valence-corrected chi connectivity index (χ0v) is 40.8. The molecule has 0 unspecified atom stereocenters. The summed E-state index contributed by atoms with van der Waals surface area (Å²) in [4.78, 5) is 73.6. The average Bonchev–Trinajstić information content (AvgIpc) is 4.10. The Hall–Kier alpha value is -6.66. The minimum atomic E-state index is -5.07. The number of pyridine rings is 1. The Morgan fingerprint density at radius 3 is 2.17 bits per heavy atom. The van der Waals surface area contributed by atoms with Crippen molar-refractivity contribution in [3.63, 3.8) is 0 Å². The quantitative estimate of drug-likeness (QED) is 0.116. The number of imidazole rings is 1. The molecule has 5 aromatic rings. The number of nitrogens with zero attached hydrogens (tertiary/aromatic N) is 6. The van der Waals surface area contributed by atoms with Gasteiger partial charge in [-0.15, -0.1) is 13.2 Å². The summed E-state index contributed by atoms with van der Waals surface area (Å²) in [5.74, 6) is -0.498. The number of aromatic amines is 1. The van der Waals surface area contributed by atoms with Gasteiger partial charge in [0.1, 0.15) is 23.4 Å². The summed E-state index contributed by atoms with van der Waals surface area (Å²) in [7, 11) is 1.25. The molecule has 370 valence electrons. The highest BCUT2D eigenvalue weighted by Gasteiger charge is 2.44. The van der Waals surface area contributed by atoms with Crippen LogP contribution in [0.15, 0.2) is 85.2 Å². The number of anilines is 2. The van der Waals surface area contributed by atoms with Crippen LogP contribution in [0, 0.1) is 11.3 Å². The number of hydrogen-bond acceptors (Lipinski definition) is 10. The Kier molecular flexibility index (Phi) is 14.2. The smallest absolute Gasteiger partial charge is 0.453 e. The number of ether oxygens (including phenoxy) is 2. The van der Waals surface area contributed by atoms with Gasteiger partial charge < -0.3 is 39.8 Å². The van der Waals surface area contributed by atoms with Crippen molar-refractivity contribution in [1.29, 1.82) is 0 Å². The molecule has 2 saturated heterocycles. The molecule has 3 aliphatic heterocycles. The number of H-pyrrole nitrogens is 1. The van der Waals surface area contributed by atoms with Gasteiger partial charge in [-0.2, -0.15) is 0 Å². The van der Waals surface area contributed by atoms with Crippen molar-refractivity contribution in [2.75, 3.05) is 43.5 Å². The number of likely N-dealkylation sites (tertiary alicyclic amines) is 1. The van der Waals surface area contributed by atoms with Crippen LogP contribution in [0.4, 0.5) is 29.5 Å². The van der Waals surface area contributed by atoms with Crippen LogP contribution in [0.25, 0.3) is 22.4 Å². The van der Waals surface area contributed by atoms with E-state index in [9.17, 15) is 32.3 Å². The number of amides is 4. The Bertz CT molecular complexity index is 2720. The van der Waals surface area contributed by atoms with Crippen LogP contribution in [0.5, 0.6) is 5.75 Å². The van der Waals surface area contributed by atoms with E-state index in [1.54, 1.807) is 47.5 Å². The summed E-state index contributed by atoms with van der Waals surface area (Å²) in [6.45, 7) is 14.9. The molecule has 0 aliphatic carbocycles. The van der Waals surface area contributed by atoms with Gasteiger partial charge in [-0.25, -0.2) is 14.8 Å². The van der Waals surface area contributed by atoms with Crippen LogP contribution in [-0.4, -0.2) is 111 Å². The van der Waals surface area contributed by atoms with Crippen LogP contribution < -0.4 is 20.3 Å². The van der Waals surface area contributed by atoms with Crippen LogP contribution in [0.2, 0.25) is 5.02 Å². The van der Waals surface area contributed by atoms with E-state index in [2.05, 4.69) is 47.3 Å². The van der Waals surface area contributed by atoms with E-state index in [0.29, 0.717) is 61.1 Å². The lowest BCUT2D eigenvalue weighted by molar-refractivity contribution is -0.274. The molecule has 3 aliphatic rings. The molecule has 19 heteroatoms. The minimum Gasteiger partial charge on any atom is -0.453 e. The molecular weight excluding hydrogens is 927 g/mol. The van der Waals surface area contributed by atoms with Crippen molar-refractivity contribution < 1.29 is 41.8 Å². The van der Waals surface area contributed by atoms with E-state index in [1.807, 2.05) is 58.6 Å². The van der Waals surface area contributed by atoms with Crippen molar-refractivity contribution in [3.05, 3.63) is 113 Å². The largest absolute Gasteiger partial charge is 0.573 e. The lowest BCUT2D eigenvalue weighted by atomic mass is 9.94. The molecule has 4 atom stereocenters. The third-order valence-electron chi connectivity index (χ3n) is 13.2. The fraction of sp³-hybridized carbons (Fsp3) is 0.412. The SMILES string of the molecule is COC(=O)N[C@H](C(=O)N1C[C@H](N2Cc3ccccc3C2)C[C@H]1c1ncc(-c2ccc(-c3cc(Cl)c(NC(=O)c4ccc(N5CCN(C(=O)C(C)(C)C)C[C@H]5C)nc4)cc3OC(F)(F)F)cc2)[nH]1)C(C)C. The van der Waals surface area contributed by atoms with Crippen molar-refractivity contribution >= 4 is 46.9 Å². The molecular formula is C51H57ClF3N9O6. The summed E-state index contributed by atoms with van der Waals surface area (Å²) < 4.78 is 51.1. The highest BCUT2D eigenvalue weighted by Crippen LogP contribution is 2.42. The van der Waals surface area contributed by atoms with E-state index in [4.69, 9.17) is 21.3 Å². The Labute approximate surface area is 409 Å². The van der Waals surface area contributed by atoms with Gasteiger partial charge >= 0.3 is 12.5 Å². The van der Waals surface area contributed by atoms with Crippen LogP contribution in [-0.2, 0) is 27.4 Å². The minimum absolute atomic E-state index is 0.00161. The lowest BCUT2D eigenvalue weighted by Crippen LogP contribution is -2.56. The summed E-state index contributed by atoms with van der Waals surface area (Å²) >= 11 is 6.66. The molecule has 70 heavy (non-hydrogen) atoms. The highest BCUT2D eigenvalue weighted by molar-refractivity contribution is 6.34. The number of aromatic nitrogens is 3. The number of benzene rings is 3. The topological polar surface area (TPSA) is 165 Å². The predicted octanol–water partition coefficient (Wildman–Crippen LogP) is 9.06. The van der Waals surface area contributed by atoms with E-state index in [1.165, 1.54) is 30.5 Å². The first-order valence-corrected chi connectivity index (χ1v) is 23.6. The van der Waals surface area contributed by atoms with E-state index < -0.39 is 41.6 Å². The van der Waals surface area contributed by atoms with Crippen molar-refractivity contribution in [3.8, 4) is 28.1 Å². The first kappa shape index (κ1) is 49.8. The van der Waals surface area contributed by atoms with Gasteiger partial charge in [-0.05, 0) is 59.7 Å². The molecule has 5 heterocycles. The van der Waals surface area contributed by atoms with Crippen molar-refractivity contribution in [1.82, 2.24) is 35.0 Å². The molecule has 0 bridgehead atoms. The van der Waals surface area contributed by atoms with E-state index in [0.717, 1.165) is 19.2 Å². The second-order valence-electron chi connectivity index (χ2n) is 19.5. The number of halogens is 4. The number of carbonyl (C=O) groups is 4. The molecule has 2 aromatic heterocycles. The van der Waals surface area contributed by atoms with Crippen molar-refractivity contribution in [2.24, 2.45) is 11.3 Å². The summed E-state index contributed by atoms with van der Waals surface area (Å²) in [6.07, 6.45) is -2.17. The van der Waals surface area contributed by atoms with Gasteiger partial charge in [0.25, 0.3) is 5.91 Å². The number of methoxy groups -OCH3 is 1. The van der Waals surface area contributed by atoms with Crippen molar-refractivity contribution in [2.45, 2.75) is 91.6 Å². The number of nitrogens with one attached hydrogen (secondary N) is 3. The average molecular weight is 985 g/mol. The molecule has 2 fully saturated rings. The Morgan fingerprint density at radius 1 is 0.886 bits per heavy atom. The Balaban J connectivity index is 0.988. The molecule has 8 rings (SSSR count). The van der Waals surface area contributed by atoms with Gasteiger partial charge in [0.15, 0.2) is 0 Å². The maximum Gasteiger partial charge on any atom is 0.573 e. The van der Waals surface area contributed by atoms with E-state index >= 15 is 0 Å². The molecule has 15 nitrogen and oxygen atoms in total. The van der Waals surface area contributed by atoms with Crippen LogP contribution in [0.3, 0.4) is 0 Å². The summed E-state index contributed by atoms with van der Waals surface area (Å²) in [5, 5.41) is 5.28. The fourth-order valence-electron chi connectivity index (χ4n) is 9.48. The molecule has 0 saturated carbocycles. The van der Waals surface area contributed by atoms with Gasteiger partial charge in [-0.1, -0.05) is 94.8 Å². The Morgan fingerprint density at radius 2 is 1.57 bits per heavy atom. The molecule has 0 radical (unpaired) electrons. The van der Waals surface area contributed by atoms with E-state index in [-0.39, 0.29) is 51.7 Å². The number of rotatable bonds is 11. The summed E-state index contributed by atoms with van der Waals surface area (Å²) in [6, 6.07) is 19.2. The first-order chi connectivity index (χ1) is 33.2. The fourth-order valence-corrected chi connectivity index (χ4v) is 9.70. The molecule has 0 spiro atoms. The van der Waals surface area contributed by atoms with Crippen LogP contribution in [0.1, 0.15) is 81.3 Å². The molecule has 3 aromatic carbocycles. The third-order valence-corrected chi connectivity index (χ3v) is 13.5. The zero-order chi connectivity index (χ0) is 50.2. The second-order valence-corrected chi connectivity index (χ2v) is 19.9. The second kappa shape index (κ2) is 20.0. The van der Waals surface area contributed by atoms with Gasteiger partial charge in [0.2, 0.25) is 11.8 Å². The monoisotopic (exact) mass is 983 g/mol. The number of carbonyl (C=O) groups excluding carboxylic acids is 4. The van der Waals surface area contributed by atoms with Gasteiger partial charge in [0.05, 0.1) is 41.3 Å². The molecule has 4 amide bonds. The number of hydrogen-bond donors (Lipinski definition) is 3. The number of alkyl halides is 3. The number of fused-ring (bicyclic) bond motifs is 1. The summed E-state index contributed by atoms with van der Waals surface area (Å²) in [5.41, 5.74) is 3.67. The third kappa shape index (κ3) is 10.9. The zero-order valence-electron chi connectivity index (χ0n) is 40.1. The van der Waals surface area contributed by atoms with Gasteiger partial charge in [-0.3, -0.25) is 19.3 Å². The predicted molar refractivity (Wildman–Crippen MR) is 259 cm³/mol. The maximum absolute atomic E-state index is 14.3. The maximum atomic E-state index is 14.3. The highest BCUT2D eigenvalue weighted by atomic mass is 35.5. The number of piperazine rings is 1. The standard InChI is InChI=1S/C51H57ClF3N9O6/c1-29(2)44(60-49(68)69-7)47(66)64-28-36(62-26-34-10-8-9-11-35(34)27-62)20-41(64)45-57-24-40(58-45)32-14-12-31(13-15-32)37-21-38(52)39(22-42(37)70-51(53,54)55)59-46(65)33-16-17-43(56-23-33)63-19-18-61(25-30(63)3)48(67)50(4,5)6/h8-17,21-24,29-30,36,41,44H,18-20,25-28H2,1-7H3,(H,57,58)(H,59,65)(H,60,68)/t30-,36-,41+,44+/m1/s1. The lowest BCUT2D eigenvalue weighted by Gasteiger charge is -2.42. The normalized spacial score (nSPS) is 19.0. The van der Waals surface area contributed by atoms with Crippen LogP contribution >= 0.6 is 11.6 Å². The first-order valence-electron chi connectivity index (χ1n) is 23.2. The van der Waals surface area contributed by atoms with Gasteiger partial charge in [0, 0.05) is 74.6 Å². The molecule has 3 N–H and O–H groups in total.